The van der Waals surface area contributed by atoms with Gasteiger partial charge in [-0.1, -0.05) is 30.3 Å². The number of esters is 1. The maximum atomic E-state index is 13.5. The molecule has 3 rings (SSSR count). The van der Waals surface area contributed by atoms with E-state index in [0.717, 1.165) is 22.3 Å². The van der Waals surface area contributed by atoms with E-state index in [1.54, 1.807) is 35.6 Å². The zero-order valence-corrected chi connectivity index (χ0v) is 15.8. The van der Waals surface area contributed by atoms with Crippen molar-refractivity contribution < 1.29 is 18.7 Å². The maximum Gasteiger partial charge on any atom is 0.331 e. The molecule has 0 spiro atoms. The monoisotopic (exact) mass is 396 g/mol. The smallest absolute Gasteiger partial charge is 0.331 e. The predicted molar refractivity (Wildman–Crippen MR) is 107 cm³/mol. The Bertz CT molecular complexity index is 1030. The molecule has 7 heteroatoms. The number of aryl methyl sites for hydroxylation is 1. The number of aromatic nitrogens is 1. The lowest BCUT2D eigenvalue weighted by molar-refractivity contribution is -0.142. The van der Waals surface area contributed by atoms with Gasteiger partial charge in [-0.2, -0.15) is 0 Å². The van der Waals surface area contributed by atoms with Gasteiger partial charge in [0.15, 0.2) is 6.61 Å². The predicted octanol–water partition coefficient (Wildman–Crippen LogP) is 4.45. The van der Waals surface area contributed by atoms with E-state index >= 15 is 0 Å². The average Bonchev–Trinajstić information content (AvgIpc) is 3.12. The Morgan fingerprint density at radius 1 is 1.21 bits per heavy atom. The quantitative estimate of drug-likeness (QED) is 0.494. The molecule has 0 aliphatic heterocycles. The second-order valence-corrected chi connectivity index (χ2v) is 6.91. The summed E-state index contributed by atoms with van der Waals surface area (Å²) in [6.07, 6.45) is 2.38. The summed E-state index contributed by atoms with van der Waals surface area (Å²) in [4.78, 5) is 28.1. The number of amides is 1. The van der Waals surface area contributed by atoms with E-state index in [4.69, 9.17) is 4.74 Å². The van der Waals surface area contributed by atoms with Crippen molar-refractivity contribution in [1.82, 2.24) is 4.98 Å². The van der Waals surface area contributed by atoms with Crippen molar-refractivity contribution in [2.24, 2.45) is 0 Å². The SMILES string of the molecule is Cc1nc(-c2cccc(NC(=O)COC(=O)/C=C/c3ccccc3F)c2)cs1. The number of thiazole rings is 1. The van der Waals surface area contributed by atoms with Crippen molar-refractivity contribution in [1.29, 1.82) is 0 Å². The number of rotatable bonds is 6. The number of anilines is 1. The van der Waals surface area contributed by atoms with Crippen molar-refractivity contribution >= 4 is 35.0 Å². The molecule has 0 bridgehead atoms. The minimum absolute atomic E-state index is 0.262. The summed E-state index contributed by atoms with van der Waals surface area (Å²) in [6.45, 7) is 1.48. The molecule has 1 N–H and O–H groups in total. The molecule has 142 valence electrons. The van der Waals surface area contributed by atoms with Gasteiger partial charge in [-0.25, -0.2) is 14.2 Å². The molecule has 0 atom stereocenters. The van der Waals surface area contributed by atoms with Gasteiger partial charge in [0.25, 0.3) is 5.91 Å². The first-order valence-electron chi connectivity index (χ1n) is 8.43. The summed E-state index contributed by atoms with van der Waals surface area (Å²) in [7, 11) is 0. The van der Waals surface area contributed by atoms with Gasteiger partial charge in [0, 0.05) is 28.3 Å². The Kier molecular flexibility index (Phi) is 6.29. The van der Waals surface area contributed by atoms with Gasteiger partial charge in [-0.05, 0) is 31.2 Å². The second-order valence-electron chi connectivity index (χ2n) is 5.84. The van der Waals surface area contributed by atoms with Crippen molar-refractivity contribution in [3.05, 3.63) is 76.4 Å². The van der Waals surface area contributed by atoms with Crippen LogP contribution in [-0.4, -0.2) is 23.5 Å². The minimum atomic E-state index is -0.731. The summed E-state index contributed by atoms with van der Waals surface area (Å²) in [5, 5.41) is 5.58. The summed E-state index contributed by atoms with van der Waals surface area (Å²) >= 11 is 1.55. The fourth-order valence-electron chi connectivity index (χ4n) is 2.40. The fourth-order valence-corrected chi connectivity index (χ4v) is 3.02. The molecule has 0 aliphatic rings. The summed E-state index contributed by atoms with van der Waals surface area (Å²) in [5.74, 6) is -1.65. The third kappa shape index (κ3) is 5.34. The molecule has 1 aromatic heterocycles. The standard InChI is InChI=1S/C21H17FN2O3S/c1-14-23-19(13-28-14)16-6-4-7-17(11-16)24-20(25)12-27-21(26)10-9-15-5-2-3-8-18(15)22/h2-11,13H,12H2,1H3,(H,24,25)/b10-9+. The Hall–Kier alpha value is -3.32. The average molecular weight is 396 g/mol. The number of ether oxygens (including phenoxy) is 1. The highest BCUT2D eigenvalue weighted by atomic mass is 32.1. The van der Waals surface area contributed by atoms with Crippen LogP contribution in [0.15, 0.2) is 60.0 Å². The first kappa shape index (κ1) is 19.4. The van der Waals surface area contributed by atoms with Gasteiger partial charge < -0.3 is 10.1 Å². The lowest BCUT2D eigenvalue weighted by Crippen LogP contribution is -2.20. The number of carbonyl (C=O) groups is 2. The zero-order chi connectivity index (χ0) is 19.9. The molecule has 0 saturated carbocycles. The third-order valence-electron chi connectivity index (χ3n) is 3.71. The highest BCUT2D eigenvalue weighted by molar-refractivity contribution is 7.09. The number of benzene rings is 2. The van der Waals surface area contributed by atoms with Crippen LogP contribution in [0.1, 0.15) is 10.6 Å². The molecule has 0 fully saturated rings. The van der Waals surface area contributed by atoms with Crippen LogP contribution in [0.2, 0.25) is 0 Å². The summed E-state index contributed by atoms with van der Waals surface area (Å²) < 4.78 is 18.4. The van der Waals surface area contributed by atoms with E-state index in [-0.39, 0.29) is 5.56 Å². The van der Waals surface area contributed by atoms with Crippen molar-refractivity contribution in [2.45, 2.75) is 6.92 Å². The topological polar surface area (TPSA) is 68.3 Å². The van der Waals surface area contributed by atoms with E-state index < -0.39 is 24.3 Å². The number of nitrogens with zero attached hydrogens (tertiary/aromatic N) is 1. The maximum absolute atomic E-state index is 13.5. The molecule has 0 unspecified atom stereocenters. The molecule has 5 nitrogen and oxygen atoms in total. The molecule has 3 aromatic rings. The van der Waals surface area contributed by atoms with Gasteiger partial charge in [0.1, 0.15) is 5.82 Å². The first-order chi connectivity index (χ1) is 13.5. The molecule has 28 heavy (non-hydrogen) atoms. The molecular weight excluding hydrogens is 379 g/mol. The molecule has 0 saturated heterocycles. The first-order valence-corrected chi connectivity index (χ1v) is 9.31. The molecule has 0 radical (unpaired) electrons. The number of hydrogen-bond acceptors (Lipinski definition) is 5. The molecule has 2 aromatic carbocycles. The number of carbonyl (C=O) groups excluding carboxylic acids is 2. The minimum Gasteiger partial charge on any atom is -0.452 e. The molecule has 0 aliphatic carbocycles. The van der Waals surface area contributed by atoms with Crippen molar-refractivity contribution in [3.63, 3.8) is 0 Å². The van der Waals surface area contributed by atoms with E-state index in [9.17, 15) is 14.0 Å². The lowest BCUT2D eigenvalue weighted by Gasteiger charge is -2.07. The third-order valence-corrected chi connectivity index (χ3v) is 4.48. The highest BCUT2D eigenvalue weighted by Gasteiger charge is 2.08. The number of nitrogens with one attached hydrogen (secondary N) is 1. The van der Waals surface area contributed by atoms with Crippen LogP contribution in [0.25, 0.3) is 17.3 Å². The Balaban J connectivity index is 1.53. The van der Waals surface area contributed by atoms with Crippen LogP contribution >= 0.6 is 11.3 Å². The Morgan fingerprint density at radius 3 is 2.79 bits per heavy atom. The van der Waals surface area contributed by atoms with E-state index in [2.05, 4.69) is 10.3 Å². The van der Waals surface area contributed by atoms with Crippen LogP contribution in [0.4, 0.5) is 10.1 Å². The van der Waals surface area contributed by atoms with Crippen LogP contribution < -0.4 is 5.32 Å². The Labute approximate surface area is 165 Å². The zero-order valence-electron chi connectivity index (χ0n) is 15.0. The van der Waals surface area contributed by atoms with E-state index in [1.807, 2.05) is 24.4 Å². The number of hydrogen-bond donors (Lipinski definition) is 1. The van der Waals surface area contributed by atoms with Crippen molar-refractivity contribution in [2.75, 3.05) is 11.9 Å². The van der Waals surface area contributed by atoms with E-state index in [0.29, 0.717) is 5.69 Å². The lowest BCUT2D eigenvalue weighted by atomic mass is 10.1. The van der Waals surface area contributed by atoms with Gasteiger partial charge in [0.05, 0.1) is 10.7 Å². The van der Waals surface area contributed by atoms with Gasteiger partial charge in [-0.15, -0.1) is 11.3 Å². The van der Waals surface area contributed by atoms with Crippen LogP contribution in [-0.2, 0) is 14.3 Å². The fraction of sp³-hybridized carbons (Fsp3) is 0.0952. The van der Waals surface area contributed by atoms with Gasteiger partial charge >= 0.3 is 5.97 Å². The van der Waals surface area contributed by atoms with Crippen LogP contribution in [0.5, 0.6) is 0 Å². The Morgan fingerprint density at radius 2 is 2.04 bits per heavy atom. The van der Waals surface area contributed by atoms with Gasteiger partial charge in [0.2, 0.25) is 0 Å². The summed E-state index contributed by atoms with van der Waals surface area (Å²) in [5.41, 5.74) is 2.55. The van der Waals surface area contributed by atoms with Gasteiger partial charge in [-0.3, -0.25) is 4.79 Å². The van der Waals surface area contributed by atoms with Crippen LogP contribution in [0, 0.1) is 12.7 Å². The molecule has 1 heterocycles. The normalized spacial score (nSPS) is 10.8. The number of halogens is 1. The van der Waals surface area contributed by atoms with Crippen LogP contribution in [0.3, 0.4) is 0 Å². The highest BCUT2D eigenvalue weighted by Crippen LogP contribution is 2.24. The largest absolute Gasteiger partial charge is 0.452 e. The second kappa shape index (κ2) is 9.05. The summed E-state index contributed by atoms with van der Waals surface area (Å²) in [6, 6.07) is 13.3. The molecule has 1 amide bonds. The molecular formula is C21H17FN2O3S. The van der Waals surface area contributed by atoms with E-state index in [1.165, 1.54) is 18.2 Å². The van der Waals surface area contributed by atoms with Crippen molar-refractivity contribution in [3.8, 4) is 11.3 Å².